The van der Waals surface area contributed by atoms with E-state index in [2.05, 4.69) is 0 Å². The molecular formula is C24H13N3O4. The molecule has 0 saturated heterocycles. The highest BCUT2D eigenvalue weighted by molar-refractivity contribution is 6.17. The first-order valence-corrected chi connectivity index (χ1v) is 9.63. The molecule has 7 heteroatoms. The van der Waals surface area contributed by atoms with Gasteiger partial charge in [-0.05, 0) is 36.4 Å². The van der Waals surface area contributed by atoms with Crippen LogP contribution in [0, 0.1) is 10.1 Å². The summed E-state index contributed by atoms with van der Waals surface area (Å²) in [5.41, 5.74) is 1.79. The minimum Gasteiger partial charge on any atom is -0.449 e. The molecule has 0 aliphatic carbocycles. The molecule has 0 fully saturated rings. The monoisotopic (exact) mass is 407 g/mol. The van der Waals surface area contributed by atoms with Crippen LogP contribution in [0.4, 0.5) is 5.69 Å². The van der Waals surface area contributed by atoms with Crippen molar-refractivity contribution in [2.45, 2.75) is 0 Å². The maximum Gasteiger partial charge on any atom is 0.311 e. The Balaban J connectivity index is 1.69. The summed E-state index contributed by atoms with van der Waals surface area (Å²) in [6, 6.07) is 22.8. The Labute approximate surface area is 174 Å². The third kappa shape index (κ3) is 2.40. The van der Waals surface area contributed by atoms with Crippen molar-refractivity contribution in [1.29, 1.82) is 0 Å². The van der Waals surface area contributed by atoms with Crippen LogP contribution in [0.25, 0.3) is 38.2 Å². The quantitative estimate of drug-likeness (QED) is 0.294. The molecule has 0 spiro atoms. The highest BCUT2D eigenvalue weighted by atomic mass is 16.6. The van der Waals surface area contributed by atoms with Gasteiger partial charge >= 0.3 is 5.69 Å². The average molecular weight is 407 g/mol. The summed E-state index contributed by atoms with van der Waals surface area (Å²) < 4.78 is 7.60. The van der Waals surface area contributed by atoms with E-state index in [9.17, 15) is 14.9 Å². The number of hydrogen-bond acceptors (Lipinski definition) is 5. The van der Waals surface area contributed by atoms with Crippen molar-refractivity contribution in [2.75, 3.05) is 0 Å². The normalized spacial score (nSPS) is 11.6. The number of benzene rings is 4. The lowest BCUT2D eigenvalue weighted by atomic mass is 10.0. The Hall–Kier alpha value is -4.52. The molecule has 0 N–H and O–H groups in total. The van der Waals surface area contributed by atoms with Crippen molar-refractivity contribution in [3.05, 3.63) is 99.3 Å². The zero-order chi connectivity index (χ0) is 21.1. The number of ether oxygens (including phenoxy) is 1. The third-order valence-corrected chi connectivity index (χ3v) is 5.52. The zero-order valence-corrected chi connectivity index (χ0v) is 16.0. The molecule has 2 aromatic heterocycles. The van der Waals surface area contributed by atoms with Gasteiger partial charge in [0, 0.05) is 27.6 Å². The zero-order valence-electron chi connectivity index (χ0n) is 16.0. The lowest BCUT2D eigenvalue weighted by Gasteiger charge is -2.12. The molecule has 0 saturated carbocycles. The Morgan fingerprint density at radius 1 is 0.806 bits per heavy atom. The van der Waals surface area contributed by atoms with Gasteiger partial charge in [0.25, 0.3) is 5.56 Å². The van der Waals surface area contributed by atoms with Crippen LogP contribution in [0.2, 0.25) is 0 Å². The van der Waals surface area contributed by atoms with E-state index in [4.69, 9.17) is 9.72 Å². The molecule has 0 unspecified atom stereocenters. The second-order valence-electron chi connectivity index (χ2n) is 7.23. The molecule has 7 nitrogen and oxygen atoms in total. The molecule has 0 aliphatic heterocycles. The summed E-state index contributed by atoms with van der Waals surface area (Å²) in [4.78, 5) is 29.0. The molecule has 6 rings (SSSR count). The Morgan fingerprint density at radius 2 is 1.58 bits per heavy atom. The predicted octanol–water partition coefficient (Wildman–Crippen LogP) is 5.29. The van der Waals surface area contributed by atoms with Crippen LogP contribution in [0.5, 0.6) is 11.5 Å². The van der Waals surface area contributed by atoms with Gasteiger partial charge in [0.2, 0.25) is 5.75 Å². The summed E-state index contributed by atoms with van der Waals surface area (Å²) in [6.07, 6.45) is 0. The van der Waals surface area contributed by atoms with Crippen LogP contribution in [0.1, 0.15) is 0 Å². The van der Waals surface area contributed by atoms with Gasteiger partial charge < -0.3 is 4.74 Å². The average Bonchev–Trinajstić information content (AvgIpc) is 3.18. The first-order chi connectivity index (χ1) is 15.1. The van der Waals surface area contributed by atoms with E-state index in [0.29, 0.717) is 22.2 Å². The van der Waals surface area contributed by atoms with Crippen molar-refractivity contribution in [3.8, 4) is 11.5 Å². The van der Waals surface area contributed by atoms with E-state index in [1.165, 1.54) is 6.07 Å². The number of rotatable bonds is 3. The first kappa shape index (κ1) is 17.3. The van der Waals surface area contributed by atoms with Gasteiger partial charge in [-0.15, -0.1) is 0 Å². The van der Waals surface area contributed by atoms with Crippen LogP contribution in [-0.2, 0) is 0 Å². The third-order valence-electron chi connectivity index (χ3n) is 5.52. The summed E-state index contributed by atoms with van der Waals surface area (Å²) in [7, 11) is 0. The minimum absolute atomic E-state index is 0.124. The molecule has 6 aromatic rings. The number of imidazole rings is 1. The lowest BCUT2D eigenvalue weighted by molar-refractivity contribution is -0.385. The Morgan fingerprint density at radius 3 is 2.45 bits per heavy atom. The number of hydrogen-bond donors (Lipinski definition) is 0. The van der Waals surface area contributed by atoms with Gasteiger partial charge in [-0.2, -0.15) is 0 Å². The summed E-state index contributed by atoms with van der Waals surface area (Å²) in [6.45, 7) is 0. The number of nitrogens with zero attached hydrogens (tertiary/aromatic N) is 3. The largest absolute Gasteiger partial charge is 0.449 e. The molecule has 31 heavy (non-hydrogen) atoms. The molecule has 0 amide bonds. The van der Waals surface area contributed by atoms with Crippen LogP contribution < -0.4 is 10.3 Å². The maximum absolute atomic E-state index is 13.4. The molecule has 0 bridgehead atoms. The second-order valence-corrected chi connectivity index (χ2v) is 7.23. The number of fused-ring (bicyclic) bond motifs is 4. The van der Waals surface area contributed by atoms with Crippen molar-refractivity contribution >= 4 is 43.9 Å². The van der Waals surface area contributed by atoms with E-state index >= 15 is 0 Å². The second kappa shape index (κ2) is 6.24. The molecule has 148 valence electrons. The number of para-hydroxylation sites is 4. The lowest BCUT2D eigenvalue weighted by Crippen LogP contribution is -2.13. The van der Waals surface area contributed by atoms with Gasteiger partial charge in [0.15, 0.2) is 0 Å². The van der Waals surface area contributed by atoms with Crippen LogP contribution in [0.15, 0.2) is 83.7 Å². The number of nitro groups is 1. The molecule has 0 atom stereocenters. The van der Waals surface area contributed by atoms with Crippen LogP contribution >= 0.6 is 0 Å². The van der Waals surface area contributed by atoms with Crippen LogP contribution in [0.3, 0.4) is 0 Å². The fourth-order valence-corrected chi connectivity index (χ4v) is 4.18. The highest BCUT2D eigenvalue weighted by Crippen LogP contribution is 2.38. The smallest absolute Gasteiger partial charge is 0.311 e. The van der Waals surface area contributed by atoms with Crippen molar-refractivity contribution in [3.63, 3.8) is 0 Å². The molecule has 4 aromatic carbocycles. The van der Waals surface area contributed by atoms with E-state index < -0.39 is 4.92 Å². The Bertz CT molecular complexity index is 1720. The number of pyridine rings is 1. The topological polar surface area (TPSA) is 86.7 Å². The SMILES string of the molecule is O=c1c2cccc3c(Oc4ccccc4[N+](=O)[O-])ccc(c32)c2nc3ccccc3n12. The van der Waals surface area contributed by atoms with Crippen molar-refractivity contribution < 1.29 is 9.66 Å². The van der Waals surface area contributed by atoms with Crippen molar-refractivity contribution in [2.24, 2.45) is 0 Å². The summed E-state index contributed by atoms with van der Waals surface area (Å²) >= 11 is 0. The van der Waals surface area contributed by atoms with Gasteiger partial charge in [0.05, 0.1) is 16.0 Å². The van der Waals surface area contributed by atoms with E-state index in [0.717, 1.165) is 21.8 Å². The highest BCUT2D eigenvalue weighted by Gasteiger charge is 2.20. The summed E-state index contributed by atoms with van der Waals surface area (Å²) in [5.74, 6) is 0.579. The number of aromatic nitrogens is 2. The maximum atomic E-state index is 13.4. The fourth-order valence-electron chi connectivity index (χ4n) is 4.18. The fraction of sp³-hybridized carbons (Fsp3) is 0. The van der Waals surface area contributed by atoms with E-state index in [-0.39, 0.29) is 17.0 Å². The predicted molar refractivity (Wildman–Crippen MR) is 118 cm³/mol. The van der Waals surface area contributed by atoms with Gasteiger partial charge in [-0.3, -0.25) is 19.3 Å². The number of nitro benzene ring substituents is 1. The van der Waals surface area contributed by atoms with Gasteiger partial charge in [-0.25, -0.2) is 4.98 Å². The van der Waals surface area contributed by atoms with E-state index in [1.54, 1.807) is 40.8 Å². The molecule has 2 heterocycles. The minimum atomic E-state index is -0.480. The van der Waals surface area contributed by atoms with Gasteiger partial charge in [0.1, 0.15) is 11.4 Å². The molecular weight excluding hydrogens is 394 g/mol. The standard InChI is InChI=1S/C24H13N3O4/c28-24-16-7-5-6-14-20(31-21-11-4-3-10-19(21)27(29)30)13-12-15(22(14)16)23-25-17-8-1-2-9-18(17)26(23)24/h1-13H. The van der Waals surface area contributed by atoms with E-state index in [1.807, 2.05) is 36.4 Å². The summed E-state index contributed by atoms with van der Waals surface area (Å²) in [5, 5.41) is 14.2. The van der Waals surface area contributed by atoms with Gasteiger partial charge in [-0.1, -0.05) is 36.4 Å². The molecule has 0 aliphatic rings. The first-order valence-electron chi connectivity index (χ1n) is 9.63. The Kier molecular flexibility index (Phi) is 3.49. The van der Waals surface area contributed by atoms with Crippen molar-refractivity contribution in [1.82, 2.24) is 9.38 Å². The van der Waals surface area contributed by atoms with Crippen LogP contribution in [-0.4, -0.2) is 14.3 Å². The molecule has 0 radical (unpaired) electrons.